The highest BCUT2D eigenvalue weighted by Gasteiger charge is 1.98. The summed E-state index contributed by atoms with van der Waals surface area (Å²) in [7, 11) is 0. The maximum atomic E-state index is 3.99. The Hall–Kier alpha value is -2.03. The number of nitrogens with zero attached hydrogens (tertiary/aromatic N) is 2. The Bertz CT molecular complexity index is 549. The lowest BCUT2D eigenvalue weighted by atomic mass is 10.2. The molecule has 68 valence electrons. The Morgan fingerprint density at radius 1 is 1.14 bits per heavy atom. The molecule has 0 saturated heterocycles. The Balaban J connectivity index is 2.23. The fraction of sp³-hybridized carbons (Fsp3) is 0. The van der Waals surface area contributed by atoms with E-state index < -0.39 is 0 Å². The van der Waals surface area contributed by atoms with Crippen molar-refractivity contribution in [2.24, 2.45) is 0 Å². The number of aromatic nitrogens is 3. The van der Waals surface area contributed by atoms with Crippen molar-refractivity contribution in [3.05, 3.63) is 48.9 Å². The van der Waals surface area contributed by atoms with E-state index in [9.17, 15) is 0 Å². The number of fused-ring (bicyclic) bond motifs is 1. The number of H-pyrrole nitrogens is 1. The minimum absolute atomic E-state index is 1.07. The highest BCUT2D eigenvalue weighted by molar-refractivity contribution is 5.80. The van der Waals surface area contributed by atoms with Gasteiger partial charge in [0.25, 0.3) is 0 Å². The van der Waals surface area contributed by atoms with Gasteiger partial charge in [-0.15, -0.1) is 0 Å². The largest absolute Gasteiger partial charge is 0.324 e. The molecule has 0 atom stereocenters. The van der Waals surface area contributed by atoms with E-state index in [0.717, 1.165) is 16.6 Å². The third-order valence-corrected chi connectivity index (χ3v) is 2.33. The maximum Gasteiger partial charge on any atom is 0.0651 e. The van der Waals surface area contributed by atoms with E-state index in [-0.39, 0.29) is 0 Å². The van der Waals surface area contributed by atoms with Crippen LogP contribution in [0.2, 0.25) is 0 Å². The molecule has 14 heavy (non-hydrogen) atoms. The van der Waals surface area contributed by atoms with Crippen LogP contribution in [-0.4, -0.2) is 14.8 Å². The number of hydrogen-bond acceptors (Lipinski definition) is 1. The van der Waals surface area contributed by atoms with Crippen LogP contribution in [0.1, 0.15) is 0 Å². The molecule has 0 aliphatic rings. The normalized spacial score (nSPS) is 10.9. The van der Waals surface area contributed by atoms with Crippen LogP contribution >= 0.6 is 0 Å². The first-order valence-corrected chi connectivity index (χ1v) is 4.50. The predicted molar refractivity (Wildman–Crippen MR) is 55.4 cm³/mol. The quantitative estimate of drug-likeness (QED) is 0.617. The van der Waals surface area contributed by atoms with Crippen molar-refractivity contribution in [1.82, 2.24) is 14.8 Å². The van der Waals surface area contributed by atoms with Crippen LogP contribution in [0.4, 0.5) is 0 Å². The van der Waals surface area contributed by atoms with Crippen LogP contribution in [0.5, 0.6) is 0 Å². The number of nitrogens with one attached hydrogen (secondary N) is 1. The number of aromatic amines is 1. The van der Waals surface area contributed by atoms with E-state index in [2.05, 4.69) is 26.9 Å². The number of hydrogen-bond donors (Lipinski definition) is 1. The summed E-state index contributed by atoms with van der Waals surface area (Å²) in [5, 5.41) is 8.06. The van der Waals surface area contributed by atoms with Crippen LogP contribution in [-0.2, 0) is 0 Å². The van der Waals surface area contributed by atoms with Crippen LogP contribution in [0.3, 0.4) is 0 Å². The molecule has 0 saturated carbocycles. The Morgan fingerprint density at radius 2 is 2.00 bits per heavy atom. The van der Waals surface area contributed by atoms with Gasteiger partial charge < -0.3 is 4.57 Å². The summed E-state index contributed by atoms with van der Waals surface area (Å²) >= 11 is 0. The molecule has 1 aromatic carbocycles. The summed E-state index contributed by atoms with van der Waals surface area (Å²) < 4.78 is 2.08. The van der Waals surface area contributed by atoms with Crippen LogP contribution in [0, 0.1) is 0 Å². The summed E-state index contributed by atoms with van der Waals surface area (Å²) in [5.74, 6) is 0. The minimum Gasteiger partial charge on any atom is -0.324 e. The molecule has 0 unspecified atom stereocenters. The van der Waals surface area contributed by atoms with E-state index in [1.54, 1.807) is 0 Å². The molecule has 0 bridgehead atoms. The Kier molecular flexibility index (Phi) is 1.44. The molecular weight excluding hydrogens is 174 g/mol. The number of rotatable bonds is 1. The molecule has 0 amide bonds. The van der Waals surface area contributed by atoms with Gasteiger partial charge in [0.2, 0.25) is 0 Å². The van der Waals surface area contributed by atoms with Crippen LogP contribution in [0.25, 0.3) is 16.6 Å². The van der Waals surface area contributed by atoms with Crippen LogP contribution < -0.4 is 0 Å². The molecule has 0 spiro atoms. The molecule has 3 nitrogen and oxygen atoms in total. The minimum atomic E-state index is 1.07. The average molecular weight is 183 g/mol. The van der Waals surface area contributed by atoms with Crippen LogP contribution in [0.15, 0.2) is 48.9 Å². The maximum absolute atomic E-state index is 3.99. The standard InChI is InChI=1S/C11H9N3/c1-2-6-14(5-1)10-3-4-11-9(7-10)8-12-13-11/h1-8H,(H,12,13). The second kappa shape index (κ2) is 2.73. The van der Waals surface area contributed by atoms with Gasteiger partial charge in [-0.3, -0.25) is 5.10 Å². The second-order valence-corrected chi connectivity index (χ2v) is 3.23. The number of benzene rings is 1. The molecule has 0 aliphatic heterocycles. The van der Waals surface area contributed by atoms with Crippen molar-refractivity contribution >= 4 is 10.9 Å². The van der Waals surface area contributed by atoms with Gasteiger partial charge in [-0.25, -0.2) is 0 Å². The lowest BCUT2D eigenvalue weighted by Gasteiger charge is -2.01. The van der Waals surface area contributed by atoms with Crippen molar-refractivity contribution in [1.29, 1.82) is 0 Å². The van der Waals surface area contributed by atoms with E-state index in [1.165, 1.54) is 0 Å². The van der Waals surface area contributed by atoms with Gasteiger partial charge in [0, 0.05) is 23.5 Å². The lowest BCUT2D eigenvalue weighted by molar-refractivity contribution is 1.08. The fourth-order valence-electron chi connectivity index (χ4n) is 1.60. The predicted octanol–water partition coefficient (Wildman–Crippen LogP) is 2.35. The van der Waals surface area contributed by atoms with E-state index in [1.807, 2.05) is 36.8 Å². The zero-order valence-corrected chi connectivity index (χ0v) is 7.51. The zero-order chi connectivity index (χ0) is 9.38. The van der Waals surface area contributed by atoms with Gasteiger partial charge in [-0.1, -0.05) is 0 Å². The van der Waals surface area contributed by atoms with Crippen molar-refractivity contribution in [2.45, 2.75) is 0 Å². The molecule has 3 aromatic rings. The first-order chi connectivity index (χ1) is 6.93. The van der Waals surface area contributed by atoms with Gasteiger partial charge in [0.05, 0.1) is 11.7 Å². The zero-order valence-electron chi connectivity index (χ0n) is 7.51. The van der Waals surface area contributed by atoms with Crippen molar-refractivity contribution in [3.63, 3.8) is 0 Å². The molecule has 0 radical (unpaired) electrons. The lowest BCUT2D eigenvalue weighted by Crippen LogP contribution is -1.87. The molecule has 3 rings (SSSR count). The van der Waals surface area contributed by atoms with Gasteiger partial charge in [0.15, 0.2) is 0 Å². The fourth-order valence-corrected chi connectivity index (χ4v) is 1.60. The molecule has 1 N–H and O–H groups in total. The summed E-state index contributed by atoms with van der Waals surface area (Å²) in [6.45, 7) is 0. The van der Waals surface area contributed by atoms with Crippen molar-refractivity contribution in [2.75, 3.05) is 0 Å². The molecule has 2 heterocycles. The molecular formula is C11H9N3. The van der Waals surface area contributed by atoms with Gasteiger partial charge >= 0.3 is 0 Å². The monoisotopic (exact) mass is 183 g/mol. The van der Waals surface area contributed by atoms with E-state index >= 15 is 0 Å². The first-order valence-electron chi connectivity index (χ1n) is 4.50. The third kappa shape index (κ3) is 1.03. The van der Waals surface area contributed by atoms with E-state index in [0.29, 0.717) is 0 Å². The topological polar surface area (TPSA) is 33.6 Å². The average Bonchev–Trinajstić information content (AvgIpc) is 2.88. The smallest absolute Gasteiger partial charge is 0.0651 e. The van der Waals surface area contributed by atoms with Gasteiger partial charge in [0.1, 0.15) is 0 Å². The van der Waals surface area contributed by atoms with Gasteiger partial charge in [-0.05, 0) is 30.3 Å². The summed E-state index contributed by atoms with van der Waals surface area (Å²) in [5.41, 5.74) is 2.23. The van der Waals surface area contributed by atoms with Crippen molar-refractivity contribution < 1.29 is 0 Å². The SMILES string of the molecule is c1ccn(-c2ccc3[nH]ncc3c2)c1. The first kappa shape index (κ1) is 7.38. The summed E-state index contributed by atoms with van der Waals surface area (Å²) in [6.07, 6.45) is 5.89. The summed E-state index contributed by atoms with van der Waals surface area (Å²) in [4.78, 5) is 0. The Labute approximate surface area is 81.0 Å². The second-order valence-electron chi connectivity index (χ2n) is 3.23. The third-order valence-electron chi connectivity index (χ3n) is 2.33. The molecule has 0 fully saturated rings. The molecule has 0 aliphatic carbocycles. The van der Waals surface area contributed by atoms with Gasteiger partial charge in [-0.2, -0.15) is 5.10 Å². The van der Waals surface area contributed by atoms with E-state index in [4.69, 9.17) is 0 Å². The highest BCUT2D eigenvalue weighted by Crippen LogP contribution is 2.15. The Morgan fingerprint density at radius 3 is 2.86 bits per heavy atom. The molecule has 3 heteroatoms. The highest BCUT2D eigenvalue weighted by atomic mass is 15.1. The molecule has 2 aromatic heterocycles. The summed E-state index contributed by atoms with van der Waals surface area (Å²) in [6, 6.07) is 10.2. The van der Waals surface area contributed by atoms with Crippen molar-refractivity contribution in [3.8, 4) is 5.69 Å².